The lowest BCUT2D eigenvalue weighted by Crippen LogP contribution is -2.69. The first-order chi connectivity index (χ1) is 20.4. The molecule has 0 heterocycles. The van der Waals surface area contributed by atoms with Crippen molar-refractivity contribution >= 4 is 41.3 Å². The number of hydrogen-bond donors (Lipinski definition) is 3. The van der Waals surface area contributed by atoms with E-state index in [0.29, 0.717) is 5.56 Å². The van der Waals surface area contributed by atoms with Gasteiger partial charge in [0, 0.05) is 39.2 Å². The number of aliphatic hydroxyl groups excluding tert-OH is 1. The van der Waals surface area contributed by atoms with Gasteiger partial charge in [-0.1, -0.05) is 19.1 Å². The van der Waals surface area contributed by atoms with E-state index in [4.69, 9.17) is 14.2 Å². The molecule has 0 aromatic heterocycles. The molecule has 0 unspecified atom stereocenters. The van der Waals surface area contributed by atoms with E-state index in [1.165, 1.54) is 25.1 Å². The van der Waals surface area contributed by atoms with Gasteiger partial charge >= 0.3 is 17.9 Å². The molecule has 14 nitrogen and oxygen atoms in total. The highest BCUT2D eigenvalue weighted by atomic mass is 16.6. The molecule has 0 radical (unpaired) electrons. The van der Waals surface area contributed by atoms with Crippen molar-refractivity contribution in [3.63, 3.8) is 0 Å². The zero-order valence-electron chi connectivity index (χ0n) is 25.0. The fourth-order valence-corrected chi connectivity index (χ4v) is 6.51. The summed E-state index contributed by atoms with van der Waals surface area (Å²) in [5.74, 6) is -12.5. The van der Waals surface area contributed by atoms with Gasteiger partial charge in [0.2, 0.25) is 11.7 Å². The zero-order valence-corrected chi connectivity index (χ0v) is 25.0. The number of Topliss-reactive ketones (excluding diaryl/α,β-unsaturated/α-hetero) is 2. The largest absolute Gasteiger partial charge is 0.429 e. The minimum atomic E-state index is -3.07. The van der Waals surface area contributed by atoms with Crippen molar-refractivity contribution in [1.82, 2.24) is 10.2 Å². The van der Waals surface area contributed by atoms with Gasteiger partial charge < -0.3 is 24.4 Å². The Morgan fingerprint density at radius 3 is 2.05 bits per heavy atom. The van der Waals surface area contributed by atoms with Crippen LogP contribution in [-0.2, 0) is 38.2 Å². The monoisotopic (exact) mass is 612 g/mol. The fraction of sp³-hybridized carbons (Fsp3) is 0.433. The maximum Gasteiger partial charge on any atom is 0.308 e. The number of nitrogens with one attached hydrogen (secondary N) is 1. The standard InChI is InChI=1S/C30H32N2O12/c1-11-16-9-8-10-17(42-13(3)34)19(16)24(37)20-18(11)25(38)22-23(32(6)7)26(43-14(4)35)21(29(40)31-12(2)33)27(39)30(22,41)28(20)44-15(5)36/h8-11,18,22-23,25,38,41H,1-7H3,(H,31,33,40)/t11-,18+,22+,23-,25-,30+/m0/s1. The first-order valence-corrected chi connectivity index (χ1v) is 13.6. The molecule has 4 rings (SSSR count). The molecular weight excluding hydrogens is 580 g/mol. The number of esters is 3. The van der Waals surface area contributed by atoms with E-state index in [1.54, 1.807) is 19.1 Å². The van der Waals surface area contributed by atoms with Crippen molar-refractivity contribution in [2.45, 2.75) is 58.3 Å². The number of likely N-dealkylation sites (N-methyl/N-ethyl adjacent to an activating group) is 1. The Morgan fingerprint density at radius 2 is 1.52 bits per heavy atom. The van der Waals surface area contributed by atoms with Gasteiger partial charge in [0.25, 0.3) is 5.91 Å². The van der Waals surface area contributed by atoms with Crippen LogP contribution in [0.2, 0.25) is 0 Å². The molecule has 234 valence electrons. The Bertz CT molecular complexity index is 1590. The van der Waals surface area contributed by atoms with Crippen molar-refractivity contribution in [2.24, 2.45) is 11.8 Å². The van der Waals surface area contributed by atoms with Crippen molar-refractivity contribution < 1.29 is 58.0 Å². The number of ketones is 2. The van der Waals surface area contributed by atoms with E-state index >= 15 is 0 Å². The smallest absolute Gasteiger partial charge is 0.308 e. The lowest BCUT2D eigenvalue weighted by Gasteiger charge is -2.54. The molecule has 0 spiro atoms. The number of benzene rings is 1. The highest BCUT2D eigenvalue weighted by molar-refractivity contribution is 6.27. The van der Waals surface area contributed by atoms with Gasteiger partial charge in [-0.25, -0.2) is 0 Å². The summed E-state index contributed by atoms with van der Waals surface area (Å²) in [5, 5.41) is 26.4. The third kappa shape index (κ3) is 5.04. The number of rotatable bonds is 5. The Morgan fingerprint density at radius 1 is 0.932 bits per heavy atom. The van der Waals surface area contributed by atoms with Crippen molar-refractivity contribution in [3.8, 4) is 5.75 Å². The minimum Gasteiger partial charge on any atom is -0.429 e. The van der Waals surface area contributed by atoms with Gasteiger partial charge in [-0.2, -0.15) is 0 Å². The van der Waals surface area contributed by atoms with E-state index in [2.05, 4.69) is 0 Å². The van der Waals surface area contributed by atoms with Gasteiger partial charge in [-0.05, 0) is 31.6 Å². The maximum absolute atomic E-state index is 14.3. The SMILES string of the molecule is CC(=O)NC(=O)C1=C(OC(C)=O)[C@@H](N(C)C)[C@@H]2[C@@H](O)[C@H]3C(=C(OC(C)=O)[C@]2(O)C1=O)C(=O)c1c(OC(C)=O)cccc1[C@@H]3C. The highest BCUT2D eigenvalue weighted by Gasteiger charge is 2.68. The van der Waals surface area contributed by atoms with E-state index in [1.807, 2.05) is 5.32 Å². The van der Waals surface area contributed by atoms with Crippen LogP contribution in [-0.4, -0.2) is 88.2 Å². The summed E-state index contributed by atoms with van der Waals surface area (Å²) in [6, 6.07) is 3.08. The molecule has 0 bridgehead atoms. The van der Waals surface area contributed by atoms with Crippen molar-refractivity contribution in [2.75, 3.05) is 14.1 Å². The summed E-state index contributed by atoms with van der Waals surface area (Å²) in [6.07, 6.45) is -1.75. The molecule has 0 aliphatic heterocycles. The van der Waals surface area contributed by atoms with Crippen LogP contribution in [0.5, 0.6) is 5.75 Å². The van der Waals surface area contributed by atoms with Crippen LogP contribution in [0.25, 0.3) is 0 Å². The average molecular weight is 613 g/mol. The van der Waals surface area contributed by atoms with E-state index in [-0.39, 0.29) is 11.3 Å². The van der Waals surface area contributed by atoms with E-state index < -0.39 is 99.5 Å². The van der Waals surface area contributed by atoms with Gasteiger partial charge in [0.15, 0.2) is 17.1 Å². The van der Waals surface area contributed by atoms with Gasteiger partial charge in [-0.3, -0.25) is 43.8 Å². The number of aliphatic hydroxyl groups is 2. The lowest BCUT2D eigenvalue weighted by molar-refractivity contribution is -0.170. The zero-order chi connectivity index (χ0) is 33.0. The number of imide groups is 1. The van der Waals surface area contributed by atoms with Crippen molar-refractivity contribution in [3.05, 3.63) is 52.0 Å². The molecule has 3 N–H and O–H groups in total. The first kappa shape index (κ1) is 32.4. The average Bonchev–Trinajstić information content (AvgIpc) is 2.88. The predicted molar refractivity (Wildman–Crippen MR) is 147 cm³/mol. The Balaban J connectivity index is 2.13. The molecule has 0 saturated heterocycles. The summed E-state index contributed by atoms with van der Waals surface area (Å²) in [6.45, 7) is 5.73. The maximum atomic E-state index is 14.3. The lowest BCUT2D eigenvalue weighted by atomic mass is 9.55. The number of nitrogens with zero attached hydrogens (tertiary/aromatic N) is 1. The molecule has 3 aliphatic rings. The van der Waals surface area contributed by atoms with Gasteiger partial charge in [0.05, 0.1) is 23.6 Å². The second kappa shape index (κ2) is 11.5. The van der Waals surface area contributed by atoms with Crippen LogP contribution in [0.3, 0.4) is 0 Å². The molecule has 14 heteroatoms. The number of hydrogen-bond acceptors (Lipinski definition) is 13. The Kier molecular flexibility index (Phi) is 8.48. The van der Waals surface area contributed by atoms with Crippen LogP contribution in [0.1, 0.15) is 56.5 Å². The topological polar surface area (TPSA) is 203 Å². The molecule has 44 heavy (non-hydrogen) atoms. The van der Waals surface area contributed by atoms with Gasteiger partial charge in [0.1, 0.15) is 17.1 Å². The Hall–Kier alpha value is -4.53. The summed E-state index contributed by atoms with van der Waals surface area (Å²) in [5.41, 5.74) is -4.21. The van der Waals surface area contributed by atoms with Crippen LogP contribution in [0.15, 0.2) is 40.9 Å². The molecule has 2 amide bonds. The molecule has 1 aromatic rings. The van der Waals surface area contributed by atoms with E-state index in [0.717, 1.165) is 27.7 Å². The fourth-order valence-electron chi connectivity index (χ4n) is 6.51. The summed E-state index contributed by atoms with van der Waals surface area (Å²) in [7, 11) is 2.91. The summed E-state index contributed by atoms with van der Waals surface area (Å²) in [4.78, 5) is 91.6. The number of carbonyl (C=O) groups excluding carboxylic acids is 7. The second-order valence-electron chi connectivity index (χ2n) is 11.2. The van der Waals surface area contributed by atoms with Crippen LogP contribution in [0.4, 0.5) is 0 Å². The number of ether oxygens (including phenoxy) is 3. The number of amides is 2. The predicted octanol–water partition coefficient (Wildman–Crippen LogP) is 0.0597. The summed E-state index contributed by atoms with van der Waals surface area (Å²) < 4.78 is 16.1. The normalized spacial score (nSPS) is 27.6. The molecule has 1 aromatic carbocycles. The van der Waals surface area contributed by atoms with Crippen LogP contribution >= 0.6 is 0 Å². The van der Waals surface area contributed by atoms with E-state index in [9.17, 15) is 43.8 Å². The quantitative estimate of drug-likeness (QED) is 0.229. The second-order valence-corrected chi connectivity index (χ2v) is 11.2. The molecule has 6 atom stereocenters. The third-order valence-electron chi connectivity index (χ3n) is 7.96. The van der Waals surface area contributed by atoms with Gasteiger partial charge in [-0.15, -0.1) is 0 Å². The molecule has 0 fully saturated rings. The Labute approximate surface area is 251 Å². The number of carbonyl (C=O) groups is 7. The highest BCUT2D eigenvalue weighted by Crippen LogP contribution is 2.56. The molecule has 0 saturated carbocycles. The first-order valence-electron chi connectivity index (χ1n) is 13.6. The third-order valence-corrected chi connectivity index (χ3v) is 7.96. The molecular formula is C30H32N2O12. The number of fused-ring (bicyclic) bond motifs is 3. The molecule has 3 aliphatic carbocycles. The van der Waals surface area contributed by atoms with Crippen molar-refractivity contribution in [1.29, 1.82) is 0 Å². The summed E-state index contributed by atoms with van der Waals surface area (Å²) >= 11 is 0. The van der Waals surface area contributed by atoms with Crippen LogP contribution < -0.4 is 10.1 Å². The minimum absolute atomic E-state index is 0.113. The van der Waals surface area contributed by atoms with Crippen LogP contribution in [0, 0.1) is 11.8 Å².